The first-order chi connectivity index (χ1) is 4.72. The molecule has 1 rings (SSSR count). The fourth-order valence-electron chi connectivity index (χ4n) is 1.38. The van der Waals surface area contributed by atoms with Crippen LogP contribution in [0.2, 0.25) is 0 Å². The molecule has 1 saturated heterocycles. The Morgan fingerprint density at radius 1 is 1.60 bits per heavy atom. The maximum absolute atomic E-state index is 8.77. The summed E-state index contributed by atoms with van der Waals surface area (Å²) < 4.78 is 5.41. The quantitative estimate of drug-likeness (QED) is 0.550. The summed E-state index contributed by atoms with van der Waals surface area (Å²) in [6, 6.07) is 0. The maximum Gasteiger partial charge on any atom is 0.0936 e. The molecular weight excluding hydrogens is 130 g/mol. The van der Waals surface area contributed by atoms with Crippen molar-refractivity contribution in [3.8, 4) is 0 Å². The Balaban J connectivity index is 2.35. The first-order valence-electron chi connectivity index (χ1n) is 3.67. The number of likely N-dealkylation sites (N-methyl/N-ethyl adjacent to an activating group) is 1. The lowest BCUT2D eigenvalue weighted by atomic mass is 10.2. The van der Waals surface area contributed by atoms with Crippen molar-refractivity contribution in [1.82, 2.24) is 4.90 Å². The molecule has 0 aromatic heterocycles. The molecule has 0 amide bonds. The largest absolute Gasteiger partial charge is 0.394 e. The minimum absolute atomic E-state index is 0.0220. The summed E-state index contributed by atoms with van der Waals surface area (Å²) in [5, 5.41) is 8.77. The maximum atomic E-state index is 8.77. The van der Waals surface area contributed by atoms with Gasteiger partial charge in [0, 0.05) is 13.1 Å². The van der Waals surface area contributed by atoms with Gasteiger partial charge in [0.15, 0.2) is 0 Å². The molecule has 0 aliphatic carbocycles. The van der Waals surface area contributed by atoms with Crippen molar-refractivity contribution in [1.29, 1.82) is 0 Å². The lowest BCUT2D eigenvalue weighted by molar-refractivity contribution is -0.0887. The highest BCUT2D eigenvalue weighted by molar-refractivity contribution is 4.72. The number of hydrogen-bond donors (Lipinski definition) is 1. The zero-order valence-corrected chi connectivity index (χ0v) is 6.58. The Kier molecular flexibility index (Phi) is 2.65. The predicted octanol–water partition coefficient (Wildman–Crippen LogP) is -0.302. The summed E-state index contributed by atoms with van der Waals surface area (Å²) in [4.78, 5) is 2.18. The average molecular weight is 145 g/mol. The molecule has 10 heavy (non-hydrogen) atoms. The molecule has 0 aromatic rings. The van der Waals surface area contributed by atoms with Crippen LogP contribution in [0.1, 0.15) is 6.92 Å². The van der Waals surface area contributed by atoms with Crippen LogP contribution >= 0.6 is 0 Å². The summed E-state index contributed by atoms with van der Waals surface area (Å²) in [5.41, 5.74) is 0. The summed E-state index contributed by atoms with van der Waals surface area (Å²) in [7, 11) is 2.04. The van der Waals surface area contributed by atoms with Crippen molar-refractivity contribution in [2.24, 2.45) is 0 Å². The zero-order valence-electron chi connectivity index (χ0n) is 6.58. The van der Waals surface area contributed by atoms with Gasteiger partial charge in [-0.15, -0.1) is 0 Å². The van der Waals surface area contributed by atoms with E-state index in [9.17, 15) is 0 Å². The molecule has 3 heteroatoms. The molecule has 1 N–H and O–H groups in total. The number of rotatable bonds is 1. The smallest absolute Gasteiger partial charge is 0.0936 e. The van der Waals surface area contributed by atoms with Gasteiger partial charge < -0.3 is 14.7 Å². The van der Waals surface area contributed by atoms with Crippen LogP contribution in [0.4, 0.5) is 0 Å². The van der Waals surface area contributed by atoms with E-state index in [-0.39, 0.29) is 18.8 Å². The van der Waals surface area contributed by atoms with Crippen LogP contribution in [0.5, 0.6) is 0 Å². The molecule has 1 heterocycles. The van der Waals surface area contributed by atoms with E-state index in [0.29, 0.717) is 0 Å². The average Bonchev–Trinajstić information content (AvgIpc) is 1.85. The van der Waals surface area contributed by atoms with Crippen molar-refractivity contribution < 1.29 is 9.84 Å². The molecule has 0 spiro atoms. The van der Waals surface area contributed by atoms with Gasteiger partial charge in [-0.1, -0.05) is 0 Å². The highest BCUT2D eigenvalue weighted by Crippen LogP contribution is 2.07. The van der Waals surface area contributed by atoms with E-state index in [0.717, 1.165) is 13.1 Å². The van der Waals surface area contributed by atoms with Gasteiger partial charge in [-0.3, -0.25) is 0 Å². The van der Waals surface area contributed by atoms with Gasteiger partial charge in [0.1, 0.15) is 0 Å². The standard InChI is InChI=1S/C7H15NO2/c1-6-3-8(2)4-7(5-9)10-6/h6-7,9H,3-5H2,1-2H3/t6?,7-/m1/s1. The predicted molar refractivity (Wildman–Crippen MR) is 38.9 cm³/mol. The van der Waals surface area contributed by atoms with E-state index in [1.165, 1.54) is 0 Å². The van der Waals surface area contributed by atoms with Crippen LogP contribution in [-0.2, 0) is 4.74 Å². The summed E-state index contributed by atoms with van der Waals surface area (Å²) in [5.74, 6) is 0. The minimum Gasteiger partial charge on any atom is -0.394 e. The SMILES string of the molecule is CC1CN(C)C[C@H](CO)O1. The monoisotopic (exact) mass is 145 g/mol. The molecule has 0 aromatic carbocycles. The van der Waals surface area contributed by atoms with Crippen LogP contribution in [0.15, 0.2) is 0 Å². The molecule has 1 aliphatic heterocycles. The van der Waals surface area contributed by atoms with Crippen molar-refractivity contribution in [2.75, 3.05) is 26.7 Å². The molecule has 3 nitrogen and oxygen atoms in total. The number of aliphatic hydroxyl groups is 1. The van der Waals surface area contributed by atoms with Gasteiger partial charge >= 0.3 is 0 Å². The first-order valence-corrected chi connectivity index (χ1v) is 3.67. The van der Waals surface area contributed by atoms with Crippen LogP contribution in [0, 0.1) is 0 Å². The van der Waals surface area contributed by atoms with E-state index >= 15 is 0 Å². The minimum atomic E-state index is 0.0220. The van der Waals surface area contributed by atoms with Crippen molar-refractivity contribution in [2.45, 2.75) is 19.1 Å². The second kappa shape index (κ2) is 3.32. The molecule has 0 bridgehead atoms. The normalized spacial score (nSPS) is 36.3. The molecule has 1 aliphatic rings. The Labute approximate surface area is 61.6 Å². The molecule has 1 fully saturated rings. The Morgan fingerprint density at radius 3 is 2.80 bits per heavy atom. The zero-order chi connectivity index (χ0) is 7.56. The van der Waals surface area contributed by atoms with Crippen molar-refractivity contribution in [3.63, 3.8) is 0 Å². The van der Waals surface area contributed by atoms with Gasteiger partial charge in [0.25, 0.3) is 0 Å². The van der Waals surface area contributed by atoms with Crippen molar-refractivity contribution >= 4 is 0 Å². The van der Waals surface area contributed by atoms with Gasteiger partial charge in [-0.2, -0.15) is 0 Å². The second-order valence-corrected chi connectivity index (χ2v) is 2.97. The van der Waals surface area contributed by atoms with E-state index in [4.69, 9.17) is 9.84 Å². The Morgan fingerprint density at radius 2 is 2.30 bits per heavy atom. The lowest BCUT2D eigenvalue weighted by Gasteiger charge is -2.33. The Hall–Kier alpha value is -0.120. The van der Waals surface area contributed by atoms with Gasteiger partial charge in [0.2, 0.25) is 0 Å². The highest BCUT2D eigenvalue weighted by Gasteiger charge is 2.21. The van der Waals surface area contributed by atoms with Crippen LogP contribution in [0.3, 0.4) is 0 Å². The Bertz CT molecular complexity index is 97.8. The number of nitrogens with zero attached hydrogens (tertiary/aromatic N) is 1. The molecular formula is C7H15NO2. The first kappa shape index (κ1) is 7.98. The fraction of sp³-hybridized carbons (Fsp3) is 1.00. The summed E-state index contributed by atoms with van der Waals surface area (Å²) >= 11 is 0. The number of morpholine rings is 1. The third-order valence-corrected chi connectivity index (χ3v) is 1.71. The summed E-state index contributed by atoms with van der Waals surface area (Å²) in [6.45, 7) is 3.98. The molecule has 60 valence electrons. The molecule has 0 saturated carbocycles. The topological polar surface area (TPSA) is 32.7 Å². The van der Waals surface area contributed by atoms with Crippen LogP contribution < -0.4 is 0 Å². The van der Waals surface area contributed by atoms with Gasteiger partial charge in [-0.25, -0.2) is 0 Å². The summed E-state index contributed by atoms with van der Waals surface area (Å²) in [6.07, 6.45) is 0.282. The van der Waals surface area contributed by atoms with E-state index in [2.05, 4.69) is 4.90 Å². The van der Waals surface area contributed by atoms with E-state index in [1.807, 2.05) is 14.0 Å². The van der Waals surface area contributed by atoms with Crippen LogP contribution in [-0.4, -0.2) is 49.0 Å². The van der Waals surface area contributed by atoms with E-state index in [1.54, 1.807) is 0 Å². The number of hydrogen-bond acceptors (Lipinski definition) is 3. The molecule has 2 atom stereocenters. The number of aliphatic hydroxyl groups excluding tert-OH is 1. The van der Waals surface area contributed by atoms with Crippen molar-refractivity contribution in [3.05, 3.63) is 0 Å². The fourth-order valence-corrected chi connectivity index (χ4v) is 1.38. The third-order valence-electron chi connectivity index (χ3n) is 1.71. The van der Waals surface area contributed by atoms with Gasteiger partial charge in [-0.05, 0) is 14.0 Å². The number of ether oxygens (including phenoxy) is 1. The molecule has 0 radical (unpaired) electrons. The van der Waals surface area contributed by atoms with Crippen LogP contribution in [0.25, 0.3) is 0 Å². The molecule has 1 unspecified atom stereocenters. The highest BCUT2D eigenvalue weighted by atomic mass is 16.5. The second-order valence-electron chi connectivity index (χ2n) is 2.97. The lowest BCUT2D eigenvalue weighted by Crippen LogP contribution is -2.45. The van der Waals surface area contributed by atoms with Gasteiger partial charge in [0.05, 0.1) is 18.8 Å². The third kappa shape index (κ3) is 1.94. The van der Waals surface area contributed by atoms with E-state index < -0.39 is 0 Å².